The first-order valence-corrected chi connectivity index (χ1v) is 14.4. The molecule has 3 aromatic rings. The Hall–Kier alpha value is -2.53. The first kappa shape index (κ1) is 24.2. The van der Waals surface area contributed by atoms with Crippen molar-refractivity contribution in [3.8, 4) is 0 Å². The quantitative estimate of drug-likeness (QED) is 0.467. The molecule has 2 aliphatic heterocycles. The number of nitrogens with zero attached hydrogens (tertiary/aromatic N) is 2. The number of piperidine rings is 1. The third-order valence-corrected chi connectivity index (χ3v) is 9.59. The maximum absolute atomic E-state index is 13.6. The lowest BCUT2D eigenvalue weighted by Gasteiger charge is -2.33. The second-order valence-corrected chi connectivity index (χ2v) is 12.4. The van der Waals surface area contributed by atoms with Crippen LogP contribution in [0.25, 0.3) is 10.1 Å². The minimum atomic E-state index is -3.90. The van der Waals surface area contributed by atoms with Crippen molar-refractivity contribution < 1.29 is 13.2 Å². The van der Waals surface area contributed by atoms with Gasteiger partial charge in [-0.3, -0.25) is 4.79 Å². The van der Waals surface area contributed by atoms with Crippen LogP contribution >= 0.6 is 11.3 Å². The van der Waals surface area contributed by atoms with E-state index >= 15 is 0 Å². The molecular weight excluding hydrogens is 482 g/mol. The van der Waals surface area contributed by atoms with Crippen LogP contribution in [0.4, 0.5) is 5.82 Å². The van der Waals surface area contributed by atoms with E-state index in [2.05, 4.69) is 21.9 Å². The first-order chi connectivity index (χ1) is 16.8. The molecule has 0 radical (unpaired) electrons. The summed E-state index contributed by atoms with van der Waals surface area (Å²) in [6.45, 7) is 5.00. The Morgan fingerprint density at radius 1 is 1.26 bits per heavy atom. The topological polar surface area (TPSA) is 117 Å². The number of hydrogen-bond donors (Lipinski definition) is 3. The molecule has 0 aliphatic carbocycles. The predicted molar refractivity (Wildman–Crippen MR) is 139 cm³/mol. The maximum atomic E-state index is 13.6. The van der Waals surface area contributed by atoms with Crippen LogP contribution in [0.1, 0.15) is 35.8 Å². The van der Waals surface area contributed by atoms with Crippen LogP contribution in [0, 0.1) is 5.92 Å². The summed E-state index contributed by atoms with van der Waals surface area (Å²) in [6.07, 6.45) is 4.64. The molecule has 2 aliphatic rings. The van der Waals surface area contributed by atoms with Crippen molar-refractivity contribution >= 4 is 43.2 Å². The number of amides is 1. The lowest BCUT2D eigenvalue weighted by molar-refractivity contribution is -0.134. The highest BCUT2D eigenvalue weighted by Crippen LogP contribution is 2.30. The number of thiophene rings is 1. The molecule has 0 spiro atoms. The fraction of sp³-hybridized carbons (Fsp3) is 0.440. The number of nitrogens with two attached hydrogens (primary N) is 1. The monoisotopic (exact) mass is 513 g/mol. The molecule has 1 saturated heterocycles. The van der Waals surface area contributed by atoms with E-state index in [0.29, 0.717) is 31.4 Å². The van der Waals surface area contributed by atoms with Crippen molar-refractivity contribution in [1.29, 1.82) is 0 Å². The maximum Gasteiger partial charge on any atom is 0.241 e. The summed E-state index contributed by atoms with van der Waals surface area (Å²) in [5, 5.41) is 4.11. The summed E-state index contributed by atoms with van der Waals surface area (Å²) >= 11 is 1.51. The lowest BCUT2D eigenvalue weighted by Crippen LogP contribution is -2.51. The number of nitrogens with one attached hydrogen (secondary N) is 2. The molecule has 1 amide bonds. The van der Waals surface area contributed by atoms with Gasteiger partial charge in [-0.2, -0.15) is 4.72 Å². The number of hydrogen-bond acceptors (Lipinski definition) is 7. The number of anilines is 1. The first-order valence-electron chi connectivity index (χ1n) is 12.1. The van der Waals surface area contributed by atoms with Gasteiger partial charge in [0.25, 0.3) is 0 Å². The molecule has 1 fully saturated rings. The normalized spacial score (nSPS) is 17.9. The minimum absolute atomic E-state index is 0.177. The average molecular weight is 514 g/mol. The van der Waals surface area contributed by atoms with Gasteiger partial charge in [-0.05, 0) is 67.1 Å². The second-order valence-electron chi connectivity index (χ2n) is 9.56. The van der Waals surface area contributed by atoms with Gasteiger partial charge in [0.1, 0.15) is 11.9 Å². The van der Waals surface area contributed by atoms with Gasteiger partial charge in [0.2, 0.25) is 15.9 Å². The van der Waals surface area contributed by atoms with Gasteiger partial charge in [-0.25, -0.2) is 13.4 Å². The second kappa shape index (κ2) is 9.85. The molecule has 1 atom stereocenters. The van der Waals surface area contributed by atoms with Crippen LogP contribution in [0.2, 0.25) is 0 Å². The molecule has 4 N–H and O–H groups in total. The van der Waals surface area contributed by atoms with E-state index in [1.807, 2.05) is 18.2 Å². The fourth-order valence-electron chi connectivity index (χ4n) is 4.85. The summed E-state index contributed by atoms with van der Waals surface area (Å²) in [5.74, 6) is 0.821. The van der Waals surface area contributed by atoms with E-state index in [1.54, 1.807) is 23.2 Å². The van der Waals surface area contributed by atoms with E-state index in [-0.39, 0.29) is 17.2 Å². The Bertz CT molecular complexity index is 1350. The molecule has 5 rings (SSSR count). The third kappa shape index (κ3) is 5.20. The van der Waals surface area contributed by atoms with Crippen LogP contribution in [0.3, 0.4) is 0 Å². The molecule has 35 heavy (non-hydrogen) atoms. The SMILES string of the molecule is CC1CCN(C(=O)C(Cc2cc3c(N)nccc3s2)NS(=O)(=O)c2ccc3c(c2)CNCC3)CC1. The Morgan fingerprint density at radius 2 is 2.06 bits per heavy atom. The number of carbonyl (C=O) groups is 1. The van der Waals surface area contributed by atoms with Crippen LogP contribution in [-0.2, 0) is 34.2 Å². The largest absolute Gasteiger partial charge is 0.383 e. The van der Waals surface area contributed by atoms with Crippen molar-refractivity contribution in [2.75, 3.05) is 25.4 Å². The zero-order chi connectivity index (χ0) is 24.6. The number of likely N-dealkylation sites (tertiary alicyclic amines) is 1. The Balaban J connectivity index is 1.44. The van der Waals surface area contributed by atoms with Crippen molar-refractivity contribution in [2.24, 2.45) is 5.92 Å². The van der Waals surface area contributed by atoms with Crippen molar-refractivity contribution in [3.05, 3.63) is 52.5 Å². The molecule has 0 bridgehead atoms. The van der Waals surface area contributed by atoms with Crippen molar-refractivity contribution in [2.45, 2.75) is 50.1 Å². The molecule has 0 saturated carbocycles. The highest BCUT2D eigenvalue weighted by atomic mass is 32.2. The van der Waals surface area contributed by atoms with E-state index in [4.69, 9.17) is 5.73 Å². The lowest BCUT2D eigenvalue weighted by atomic mass is 9.98. The van der Waals surface area contributed by atoms with E-state index in [0.717, 1.165) is 51.9 Å². The van der Waals surface area contributed by atoms with Gasteiger partial charge >= 0.3 is 0 Å². The number of pyridine rings is 1. The smallest absolute Gasteiger partial charge is 0.241 e. The molecular formula is C25H31N5O3S2. The van der Waals surface area contributed by atoms with E-state index in [1.165, 1.54) is 11.3 Å². The van der Waals surface area contributed by atoms with Gasteiger partial charge in [0, 0.05) is 47.2 Å². The number of sulfonamides is 1. The number of benzene rings is 1. The standard InChI is InChI=1S/C25H31N5O3S2/c1-16-6-10-30(11-7-16)25(31)22(14-19-13-21-23(34-19)5-9-28-24(21)26)29-35(32,33)20-3-2-17-4-8-27-15-18(17)12-20/h2-3,5,9,12-13,16,22,27,29H,4,6-8,10-11,14-15H2,1H3,(H2,26,28). The number of rotatable bonds is 6. The minimum Gasteiger partial charge on any atom is -0.383 e. The Morgan fingerprint density at radius 3 is 2.83 bits per heavy atom. The molecule has 186 valence electrons. The fourth-order valence-corrected chi connectivity index (χ4v) is 7.20. The zero-order valence-corrected chi connectivity index (χ0v) is 21.4. The summed E-state index contributed by atoms with van der Waals surface area (Å²) < 4.78 is 30.6. The van der Waals surface area contributed by atoms with Gasteiger partial charge < -0.3 is 16.0 Å². The van der Waals surface area contributed by atoms with Crippen molar-refractivity contribution in [3.63, 3.8) is 0 Å². The Kier molecular flexibility index (Phi) is 6.80. The Labute approximate surface area is 210 Å². The molecule has 8 nitrogen and oxygen atoms in total. The number of aromatic nitrogens is 1. The van der Waals surface area contributed by atoms with Crippen LogP contribution in [-0.4, -0.2) is 49.9 Å². The van der Waals surface area contributed by atoms with Gasteiger partial charge in [0.05, 0.1) is 4.90 Å². The summed E-state index contributed by atoms with van der Waals surface area (Å²) in [6, 6.07) is 8.15. The van der Waals surface area contributed by atoms with Gasteiger partial charge in [-0.15, -0.1) is 11.3 Å². The number of nitrogen functional groups attached to an aromatic ring is 1. The third-order valence-electron chi connectivity index (χ3n) is 7.00. The molecule has 1 aromatic carbocycles. The summed E-state index contributed by atoms with van der Waals surface area (Å²) in [7, 11) is -3.90. The van der Waals surface area contributed by atoms with Gasteiger partial charge in [-0.1, -0.05) is 13.0 Å². The van der Waals surface area contributed by atoms with E-state index < -0.39 is 16.1 Å². The number of fused-ring (bicyclic) bond motifs is 2. The van der Waals surface area contributed by atoms with E-state index in [9.17, 15) is 13.2 Å². The zero-order valence-electron chi connectivity index (χ0n) is 19.8. The average Bonchev–Trinajstić information content (AvgIpc) is 3.27. The van der Waals surface area contributed by atoms with Crippen LogP contribution < -0.4 is 15.8 Å². The highest BCUT2D eigenvalue weighted by molar-refractivity contribution is 7.89. The summed E-state index contributed by atoms with van der Waals surface area (Å²) in [5.41, 5.74) is 8.17. The molecule has 2 aromatic heterocycles. The highest BCUT2D eigenvalue weighted by Gasteiger charge is 2.32. The van der Waals surface area contributed by atoms with Crippen molar-refractivity contribution in [1.82, 2.24) is 19.9 Å². The molecule has 1 unspecified atom stereocenters. The molecule has 4 heterocycles. The van der Waals surface area contributed by atoms with Gasteiger partial charge in [0.15, 0.2) is 0 Å². The molecule has 10 heteroatoms. The number of carbonyl (C=O) groups excluding carboxylic acids is 1. The predicted octanol–water partition coefficient (Wildman–Crippen LogP) is 2.67. The summed E-state index contributed by atoms with van der Waals surface area (Å²) in [4.78, 5) is 20.6. The van der Waals surface area contributed by atoms with Crippen LogP contribution in [0.15, 0.2) is 41.4 Å². The van der Waals surface area contributed by atoms with Crippen LogP contribution in [0.5, 0.6) is 0 Å².